The zero-order chi connectivity index (χ0) is 24.4. The van der Waals surface area contributed by atoms with Gasteiger partial charge in [-0.25, -0.2) is 0 Å². The van der Waals surface area contributed by atoms with Gasteiger partial charge < -0.3 is 0 Å². The van der Waals surface area contributed by atoms with Crippen LogP contribution in [0.1, 0.15) is 25.8 Å². The highest BCUT2D eigenvalue weighted by molar-refractivity contribution is 7.99. The molecule has 0 aliphatic carbocycles. The molecule has 0 bridgehead atoms. The normalized spacial score (nSPS) is 17.0. The molecule has 2 aromatic carbocycles. The summed E-state index contributed by atoms with van der Waals surface area (Å²) in [4.78, 5) is 21.2. The maximum Gasteiger partial charge on any atom is 0.172 e. The van der Waals surface area contributed by atoms with Crippen molar-refractivity contribution in [3.8, 4) is 11.3 Å². The number of benzene rings is 2. The molecular weight excluding hydrogens is 476 g/mol. The first kappa shape index (κ1) is 23.8. The lowest BCUT2D eigenvalue weighted by molar-refractivity contribution is -0.119. The number of hydrogen-bond donors (Lipinski definition) is 0. The largest absolute Gasteiger partial charge is 0.293 e. The molecule has 0 N–H and O–H groups in total. The number of halogens is 1. The van der Waals surface area contributed by atoms with Crippen LogP contribution in [-0.2, 0) is 4.79 Å². The van der Waals surface area contributed by atoms with Gasteiger partial charge in [0.1, 0.15) is 5.69 Å². The summed E-state index contributed by atoms with van der Waals surface area (Å²) in [5, 5.41) is 6.85. The number of hydrogen-bond acceptors (Lipinski definition) is 5. The zero-order valence-electron chi connectivity index (χ0n) is 19.6. The van der Waals surface area contributed by atoms with Crippen molar-refractivity contribution in [2.75, 3.05) is 13.1 Å². The molecule has 5 nitrogen and oxygen atoms in total. The van der Waals surface area contributed by atoms with Crippen molar-refractivity contribution < 1.29 is 4.79 Å². The fourth-order valence-electron chi connectivity index (χ4n) is 4.85. The van der Waals surface area contributed by atoms with Crippen molar-refractivity contribution >= 4 is 40.0 Å². The van der Waals surface area contributed by atoms with Crippen LogP contribution in [0, 0.1) is 0 Å². The number of fused-ring (bicyclic) bond motifs is 1. The Hall–Kier alpha value is -2.93. The van der Waals surface area contributed by atoms with Crippen LogP contribution in [0.5, 0.6) is 0 Å². The van der Waals surface area contributed by atoms with Crippen molar-refractivity contribution in [3.05, 3.63) is 84.7 Å². The second kappa shape index (κ2) is 10.4. The lowest BCUT2D eigenvalue weighted by Gasteiger charge is -2.24. The Morgan fingerprint density at radius 1 is 1.23 bits per heavy atom. The highest BCUT2D eigenvalue weighted by atomic mass is 35.5. The Labute approximate surface area is 214 Å². The molecule has 3 heterocycles. The molecular formula is C28H27ClN4OS. The fraction of sp³-hybridized carbons (Fsp3) is 0.250. The van der Waals surface area contributed by atoms with Gasteiger partial charge in [-0.1, -0.05) is 55.1 Å². The average molecular weight is 503 g/mol. The number of likely N-dealkylation sites (tertiary alicyclic amines) is 1. The second-order valence-electron chi connectivity index (χ2n) is 8.74. The smallest absolute Gasteiger partial charge is 0.172 e. The molecule has 1 unspecified atom stereocenters. The highest BCUT2D eigenvalue weighted by Crippen LogP contribution is 2.35. The molecule has 1 fully saturated rings. The quantitative estimate of drug-likeness (QED) is 0.251. The van der Waals surface area contributed by atoms with Crippen molar-refractivity contribution in [2.45, 2.75) is 41.6 Å². The average Bonchev–Trinajstić information content (AvgIpc) is 3.50. The molecule has 0 radical (unpaired) electrons. The van der Waals surface area contributed by atoms with Gasteiger partial charge in [-0.05, 0) is 55.3 Å². The summed E-state index contributed by atoms with van der Waals surface area (Å²) in [6.45, 7) is 7.41. The lowest BCUT2D eigenvalue weighted by atomic mass is 10.1. The van der Waals surface area contributed by atoms with Gasteiger partial charge in [0.2, 0.25) is 0 Å². The first-order valence-corrected chi connectivity index (χ1v) is 13.0. The van der Waals surface area contributed by atoms with Gasteiger partial charge in [0.15, 0.2) is 5.78 Å². The van der Waals surface area contributed by atoms with Crippen LogP contribution in [0.25, 0.3) is 22.2 Å². The molecule has 178 valence electrons. The van der Waals surface area contributed by atoms with Crippen molar-refractivity contribution in [1.82, 2.24) is 19.7 Å². The van der Waals surface area contributed by atoms with Crippen molar-refractivity contribution in [3.63, 3.8) is 0 Å². The molecule has 2 aromatic heterocycles. The molecule has 35 heavy (non-hydrogen) atoms. The number of carbonyl (C=O) groups excluding carboxylic acids is 1. The minimum absolute atomic E-state index is 0.0964. The highest BCUT2D eigenvalue weighted by Gasteiger charge is 2.32. The van der Waals surface area contributed by atoms with Crippen molar-refractivity contribution in [1.29, 1.82) is 0 Å². The van der Waals surface area contributed by atoms with Gasteiger partial charge in [0, 0.05) is 51.2 Å². The number of nitrogens with zero attached hydrogens (tertiary/aromatic N) is 4. The maximum absolute atomic E-state index is 12.3. The SMILES string of the molecule is C=CC(=O)[C@H](CC)N1CCC(n2nc(-c3ccc(Sc4cccc(Cl)c4)cc3)c3cnccc32)C1. The van der Waals surface area contributed by atoms with Gasteiger partial charge in [-0.15, -0.1) is 0 Å². The summed E-state index contributed by atoms with van der Waals surface area (Å²) in [6.07, 6.45) is 6.90. The van der Waals surface area contributed by atoms with E-state index >= 15 is 0 Å². The Morgan fingerprint density at radius 3 is 2.80 bits per heavy atom. The van der Waals surface area contributed by atoms with E-state index in [2.05, 4.69) is 58.4 Å². The van der Waals surface area contributed by atoms with E-state index in [0.717, 1.165) is 62.9 Å². The molecule has 5 rings (SSSR count). The van der Waals surface area contributed by atoms with E-state index in [0.29, 0.717) is 0 Å². The van der Waals surface area contributed by atoms with Crippen LogP contribution >= 0.6 is 23.4 Å². The van der Waals surface area contributed by atoms with E-state index in [9.17, 15) is 4.79 Å². The fourth-order valence-corrected chi connectivity index (χ4v) is 5.98. The summed E-state index contributed by atoms with van der Waals surface area (Å²) in [7, 11) is 0. The van der Waals surface area contributed by atoms with Gasteiger partial charge in [-0.2, -0.15) is 5.10 Å². The van der Waals surface area contributed by atoms with Gasteiger partial charge in [0.05, 0.1) is 17.6 Å². The van der Waals surface area contributed by atoms with E-state index in [-0.39, 0.29) is 17.9 Å². The molecule has 0 spiro atoms. The predicted molar refractivity (Wildman–Crippen MR) is 143 cm³/mol. The van der Waals surface area contributed by atoms with E-state index < -0.39 is 0 Å². The second-order valence-corrected chi connectivity index (χ2v) is 10.3. The maximum atomic E-state index is 12.3. The first-order valence-electron chi connectivity index (χ1n) is 11.8. The number of ketones is 1. The first-order chi connectivity index (χ1) is 17.1. The van der Waals surface area contributed by atoms with Gasteiger partial charge in [-0.3, -0.25) is 19.4 Å². The Kier molecular flexibility index (Phi) is 7.04. The van der Waals surface area contributed by atoms with E-state index in [1.165, 1.54) is 6.08 Å². The van der Waals surface area contributed by atoms with Crippen LogP contribution in [-0.4, -0.2) is 44.6 Å². The Morgan fingerprint density at radius 2 is 2.06 bits per heavy atom. The van der Waals surface area contributed by atoms with E-state index in [4.69, 9.17) is 16.7 Å². The topological polar surface area (TPSA) is 51.0 Å². The molecule has 7 heteroatoms. The summed E-state index contributed by atoms with van der Waals surface area (Å²) >= 11 is 7.81. The third-order valence-electron chi connectivity index (χ3n) is 6.57. The molecule has 2 atom stereocenters. The lowest BCUT2D eigenvalue weighted by Crippen LogP contribution is -2.38. The van der Waals surface area contributed by atoms with Crippen LogP contribution in [0.15, 0.2) is 89.4 Å². The minimum atomic E-state index is -0.106. The van der Waals surface area contributed by atoms with E-state index in [1.807, 2.05) is 36.7 Å². The van der Waals surface area contributed by atoms with Crippen molar-refractivity contribution in [2.24, 2.45) is 0 Å². The molecule has 1 saturated heterocycles. The molecule has 4 aromatic rings. The number of rotatable bonds is 8. The summed E-state index contributed by atoms with van der Waals surface area (Å²) in [5.41, 5.74) is 3.06. The monoisotopic (exact) mass is 502 g/mol. The Bertz CT molecular complexity index is 1370. The van der Waals surface area contributed by atoms with Crippen LogP contribution in [0.2, 0.25) is 5.02 Å². The molecule has 1 aliphatic heterocycles. The molecule has 0 amide bonds. The Balaban J connectivity index is 1.42. The molecule has 1 aliphatic rings. The van der Waals surface area contributed by atoms with Crippen LogP contribution < -0.4 is 0 Å². The zero-order valence-corrected chi connectivity index (χ0v) is 21.2. The van der Waals surface area contributed by atoms with Gasteiger partial charge in [0.25, 0.3) is 0 Å². The third kappa shape index (κ3) is 4.92. The summed E-state index contributed by atoms with van der Waals surface area (Å²) in [5.74, 6) is 0.0964. The third-order valence-corrected chi connectivity index (χ3v) is 7.80. The minimum Gasteiger partial charge on any atom is -0.293 e. The van der Waals surface area contributed by atoms with Crippen LogP contribution in [0.3, 0.4) is 0 Å². The molecule has 0 saturated carbocycles. The number of pyridine rings is 1. The predicted octanol–water partition coefficient (Wildman–Crippen LogP) is 6.68. The summed E-state index contributed by atoms with van der Waals surface area (Å²) < 4.78 is 2.13. The summed E-state index contributed by atoms with van der Waals surface area (Å²) in [6, 6.07) is 18.5. The standard InChI is InChI=1S/C28H27ClN4OS/c1-3-25(27(34)4-2)32-15-13-21(18-32)33-26-12-14-30-17-24(26)28(31-33)19-8-10-22(11-9-19)35-23-7-5-6-20(29)16-23/h4-12,14,16-17,21,25H,2-3,13,15,18H2,1H3/t21?,25-/m0/s1. The van der Waals surface area contributed by atoms with Gasteiger partial charge >= 0.3 is 0 Å². The van der Waals surface area contributed by atoms with Crippen LogP contribution in [0.4, 0.5) is 0 Å². The number of aromatic nitrogens is 3. The number of carbonyl (C=O) groups is 1. The van der Waals surface area contributed by atoms with E-state index in [1.54, 1.807) is 11.8 Å².